The van der Waals surface area contributed by atoms with Gasteiger partial charge in [-0.15, -0.1) is 0 Å². The van der Waals surface area contributed by atoms with Crippen LogP contribution in [-0.4, -0.2) is 71.3 Å². The van der Waals surface area contributed by atoms with Gasteiger partial charge in [0.2, 0.25) is 4.38 Å². The molecule has 0 aromatic rings. The normalized spacial score (nSPS) is 26.0. The highest BCUT2D eigenvalue weighted by atomic mass is 32.2. The van der Waals surface area contributed by atoms with E-state index in [1.165, 1.54) is 13.8 Å². The van der Waals surface area contributed by atoms with E-state index in [9.17, 15) is 19.2 Å². The van der Waals surface area contributed by atoms with E-state index in [1.807, 2.05) is 0 Å². The van der Waals surface area contributed by atoms with Crippen LogP contribution in [0.4, 0.5) is 0 Å². The maximum atomic E-state index is 11.7. The van der Waals surface area contributed by atoms with Gasteiger partial charge in [0.05, 0.1) is 6.61 Å². The van der Waals surface area contributed by atoms with Crippen LogP contribution in [0, 0.1) is 0 Å². The highest BCUT2D eigenvalue weighted by Gasteiger charge is 2.52. The maximum Gasteiger partial charge on any atom is 0.303 e. The number of carbonyl (C=O) groups is 4. The van der Waals surface area contributed by atoms with E-state index in [0.29, 0.717) is 6.61 Å². The van der Waals surface area contributed by atoms with Gasteiger partial charge in [0.15, 0.2) is 23.7 Å². The molecule has 0 N–H and O–H groups in total. The van der Waals surface area contributed by atoms with Crippen LogP contribution in [0.3, 0.4) is 0 Å². The number of hydrogen-bond donors (Lipinski definition) is 0. The number of ether oxygens (including phenoxy) is 6. The number of thioether (sulfide) groups is 1. The molecule has 1 aliphatic heterocycles. The molecule has 0 aromatic heterocycles. The van der Waals surface area contributed by atoms with Crippen LogP contribution in [0.1, 0.15) is 34.6 Å². The van der Waals surface area contributed by atoms with Crippen molar-refractivity contribution in [1.29, 1.82) is 0 Å². The van der Waals surface area contributed by atoms with Crippen molar-refractivity contribution in [2.75, 3.05) is 13.2 Å². The van der Waals surface area contributed by atoms with Crippen molar-refractivity contribution in [3.8, 4) is 0 Å². The number of thiocarbonyl (C=S) groups is 1. The van der Waals surface area contributed by atoms with Crippen molar-refractivity contribution in [3.63, 3.8) is 0 Å². The second-order valence-corrected chi connectivity index (χ2v) is 7.57. The molecule has 12 heteroatoms. The predicted molar refractivity (Wildman–Crippen MR) is 104 cm³/mol. The third-order valence-electron chi connectivity index (χ3n) is 3.42. The quantitative estimate of drug-likeness (QED) is 0.312. The van der Waals surface area contributed by atoms with Crippen LogP contribution in [0.25, 0.3) is 0 Å². The first-order valence-corrected chi connectivity index (χ1v) is 9.97. The molecule has 1 heterocycles. The molecular weight excluding hydrogens is 428 g/mol. The summed E-state index contributed by atoms with van der Waals surface area (Å²) in [6.07, 6.45) is -4.60. The number of carbonyl (C=O) groups excluding carboxylic acids is 4. The first-order chi connectivity index (χ1) is 13.5. The highest BCUT2D eigenvalue weighted by Crippen LogP contribution is 2.35. The summed E-state index contributed by atoms with van der Waals surface area (Å²) in [4.78, 5) is 46.2. The fraction of sp³-hybridized carbons (Fsp3) is 0.706. The first kappa shape index (κ1) is 25.1. The fourth-order valence-electron chi connectivity index (χ4n) is 2.53. The Labute approximate surface area is 177 Å². The summed E-state index contributed by atoms with van der Waals surface area (Å²) in [5, 5.41) is 0. The summed E-state index contributed by atoms with van der Waals surface area (Å²) in [7, 11) is 0. The van der Waals surface area contributed by atoms with Crippen LogP contribution in [0.5, 0.6) is 0 Å². The number of hydrogen-bond acceptors (Lipinski definition) is 12. The first-order valence-electron chi connectivity index (χ1n) is 8.69. The Bertz CT molecular complexity index is 638. The molecule has 1 rings (SSSR count). The second kappa shape index (κ2) is 11.9. The molecule has 0 bridgehead atoms. The predicted octanol–water partition coefficient (Wildman–Crippen LogP) is 1.12. The van der Waals surface area contributed by atoms with Crippen molar-refractivity contribution in [2.45, 2.75) is 64.5 Å². The molecule has 1 saturated heterocycles. The maximum absolute atomic E-state index is 11.7. The van der Waals surface area contributed by atoms with E-state index in [1.54, 1.807) is 6.92 Å². The highest BCUT2D eigenvalue weighted by molar-refractivity contribution is 8.22. The minimum atomic E-state index is -1.23. The van der Waals surface area contributed by atoms with E-state index in [0.717, 1.165) is 25.6 Å². The Morgan fingerprint density at radius 3 is 1.83 bits per heavy atom. The van der Waals surface area contributed by atoms with Gasteiger partial charge in [0, 0.05) is 27.7 Å². The van der Waals surface area contributed by atoms with Gasteiger partial charge in [-0.05, 0) is 30.9 Å². The van der Waals surface area contributed by atoms with Crippen molar-refractivity contribution < 1.29 is 47.6 Å². The fourth-order valence-corrected chi connectivity index (χ4v) is 3.85. The molecule has 2 unspecified atom stereocenters. The van der Waals surface area contributed by atoms with E-state index in [2.05, 4.69) is 0 Å². The lowest BCUT2D eigenvalue weighted by Gasteiger charge is -2.43. The largest absolute Gasteiger partial charge is 0.479 e. The smallest absolute Gasteiger partial charge is 0.303 e. The molecule has 1 fully saturated rings. The molecule has 1 aliphatic rings. The lowest BCUT2D eigenvalue weighted by molar-refractivity contribution is -0.237. The van der Waals surface area contributed by atoms with E-state index in [-0.39, 0.29) is 11.0 Å². The average Bonchev–Trinajstić information content (AvgIpc) is 2.57. The lowest BCUT2D eigenvalue weighted by Crippen LogP contribution is -2.61. The van der Waals surface area contributed by atoms with Gasteiger partial charge < -0.3 is 28.4 Å². The van der Waals surface area contributed by atoms with Gasteiger partial charge in [0.1, 0.15) is 12.7 Å². The van der Waals surface area contributed by atoms with Crippen LogP contribution >= 0.6 is 24.0 Å². The summed E-state index contributed by atoms with van der Waals surface area (Å²) in [6.45, 7) is 6.41. The van der Waals surface area contributed by atoms with Crippen molar-refractivity contribution in [2.24, 2.45) is 0 Å². The Hall–Kier alpha value is -1.92. The Morgan fingerprint density at radius 1 is 0.828 bits per heavy atom. The summed E-state index contributed by atoms with van der Waals surface area (Å²) in [5.74, 6) is -2.66. The molecule has 0 radical (unpaired) electrons. The monoisotopic (exact) mass is 452 g/mol. The molecule has 10 nitrogen and oxygen atoms in total. The SMILES string of the molecule is CCOC(=S)S[C@H]1OC(COC(C)=O)[C@@H](OC(C)=O)[C@@H](OC(C)=O)C1OC(C)=O. The van der Waals surface area contributed by atoms with Crippen molar-refractivity contribution >= 4 is 52.2 Å². The van der Waals surface area contributed by atoms with E-state index in [4.69, 9.17) is 40.6 Å². The van der Waals surface area contributed by atoms with Crippen molar-refractivity contribution in [1.82, 2.24) is 0 Å². The molecule has 0 saturated carbocycles. The van der Waals surface area contributed by atoms with Crippen LogP contribution < -0.4 is 0 Å². The molecule has 0 amide bonds. The summed E-state index contributed by atoms with van der Waals surface area (Å²) in [6, 6.07) is 0. The van der Waals surface area contributed by atoms with Gasteiger partial charge in [-0.2, -0.15) is 0 Å². The molecule has 29 heavy (non-hydrogen) atoms. The standard InChI is InChI=1S/C17H24O10S2/c1-6-22-17(28)29-16-15(26-11(5)21)14(25-10(4)20)13(24-9(3)19)12(27-16)7-23-8(2)18/h12-16H,6-7H2,1-5H3/t12?,13-,14-,15?,16-/m1/s1. The third kappa shape index (κ3) is 8.54. The molecule has 0 aromatic carbocycles. The van der Waals surface area contributed by atoms with Crippen LogP contribution in [0.2, 0.25) is 0 Å². The Morgan fingerprint density at radius 2 is 1.34 bits per heavy atom. The van der Waals surface area contributed by atoms with Gasteiger partial charge >= 0.3 is 23.9 Å². The van der Waals surface area contributed by atoms with Gasteiger partial charge in [-0.25, -0.2) is 0 Å². The Kier molecular flexibility index (Phi) is 10.3. The van der Waals surface area contributed by atoms with Gasteiger partial charge in [-0.3, -0.25) is 19.2 Å². The summed E-state index contributed by atoms with van der Waals surface area (Å²) >= 11 is 6.04. The minimum Gasteiger partial charge on any atom is -0.479 e. The third-order valence-corrected chi connectivity index (χ3v) is 4.75. The second-order valence-electron chi connectivity index (χ2n) is 5.87. The molecule has 5 atom stereocenters. The zero-order valence-corrected chi connectivity index (χ0v) is 18.3. The zero-order valence-electron chi connectivity index (χ0n) is 16.7. The van der Waals surface area contributed by atoms with Crippen LogP contribution in [-0.2, 0) is 47.6 Å². The molecule has 0 spiro atoms. The number of esters is 4. The van der Waals surface area contributed by atoms with Crippen LogP contribution in [0.15, 0.2) is 0 Å². The van der Waals surface area contributed by atoms with Gasteiger partial charge in [0.25, 0.3) is 0 Å². The van der Waals surface area contributed by atoms with Gasteiger partial charge in [-0.1, -0.05) is 0 Å². The molecular formula is C17H24O10S2. The minimum absolute atomic E-state index is 0.105. The summed E-state index contributed by atoms with van der Waals surface area (Å²) < 4.78 is 32.1. The topological polar surface area (TPSA) is 124 Å². The van der Waals surface area contributed by atoms with Crippen molar-refractivity contribution in [3.05, 3.63) is 0 Å². The average molecular weight is 453 g/mol. The van der Waals surface area contributed by atoms with E-state index >= 15 is 0 Å². The molecule has 0 aliphatic carbocycles. The molecule has 164 valence electrons. The lowest BCUT2D eigenvalue weighted by atomic mass is 9.99. The van der Waals surface area contributed by atoms with E-state index < -0.39 is 53.7 Å². The zero-order chi connectivity index (χ0) is 22.1. The summed E-state index contributed by atoms with van der Waals surface area (Å²) in [5.41, 5.74) is -0.977. The Balaban J connectivity index is 3.29. The number of rotatable bonds is 7.